The number of methoxy groups -OCH3 is 2. The van der Waals surface area contributed by atoms with Crippen LogP contribution in [0.15, 0.2) is 78.5 Å². The quantitative estimate of drug-likeness (QED) is 0.212. The SMILES string of the molecule is C/C=C\N(C(=O)O)c1cnc(SCc2ccc(OC)cc2)cn1.C=C/C=C(\C)OC.CC.CC.CC. The predicted octanol–water partition coefficient (Wildman–Crippen LogP) is 8.60. The number of aromatic nitrogens is 2. The van der Waals surface area contributed by atoms with Crippen LogP contribution in [0.3, 0.4) is 0 Å². The molecule has 0 saturated carbocycles. The number of carboxylic acid groups (broad SMARTS) is 1. The molecular formula is C28H45N3O4S. The number of rotatable bonds is 8. The van der Waals surface area contributed by atoms with Crippen LogP contribution in [0.1, 0.15) is 61.0 Å². The van der Waals surface area contributed by atoms with Crippen LogP contribution < -0.4 is 9.64 Å². The second-order valence-electron chi connectivity index (χ2n) is 5.70. The molecule has 0 fully saturated rings. The lowest BCUT2D eigenvalue weighted by Crippen LogP contribution is -2.23. The van der Waals surface area contributed by atoms with Crippen LogP contribution >= 0.6 is 11.8 Å². The third-order valence-electron chi connectivity index (χ3n) is 3.59. The Balaban J connectivity index is -0.000000707. The molecule has 1 aromatic heterocycles. The van der Waals surface area contributed by atoms with E-state index in [4.69, 9.17) is 14.6 Å². The maximum Gasteiger partial charge on any atom is 0.417 e. The fourth-order valence-electron chi connectivity index (χ4n) is 2.01. The molecule has 0 saturated heterocycles. The highest BCUT2D eigenvalue weighted by Gasteiger charge is 2.12. The van der Waals surface area contributed by atoms with E-state index in [2.05, 4.69) is 16.5 Å². The Labute approximate surface area is 223 Å². The summed E-state index contributed by atoms with van der Waals surface area (Å²) < 4.78 is 9.90. The highest BCUT2D eigenvalue weighted by molar-refractivity contribution is 7.98. The van der Waals surface area contributed by atoms with E-state index in [0.29, 0.717) is 0 Å². The average molecular weight is 520 g/mol. The molecule has 0 bridgehead atoms. The van der Waals surface area contributed by atoms with Crippen molar-refractivity contribution in [3.8, 4) is 5.75 Å². The minimum absolute atomic E-state index is 0.268. The molecule has 202 valence electrons. The van der Waals surface area contributed by atoms with E-state index in [9.17, 15) is 4.79 Å². The molecule has 1 heterocycles. The maximum atomic E-state index is 11.1. The van der Waals surface area contributed by atoms with Gasteiger partial charge in [-0.2, -0.15) is 0 Å². The summed E-state index contributed by atoms with van der Waals surface area (Å²) in [7, 11) is 3.27. The summed E-state index contributed by atoms with van der Waals surface area (Å²) in [6, 6.07) is 7.80. The molecule has 0 aliphatic carbocycles. The number of hydrogen-bond acceptors (Lipinski definition) is 6. The summed E-state index contributed by atoms with van der Waals surface area (Å²) in [4.78, 5) is 20.5. The molecule has 1 amide bonds. The summed E-state index contributed by atoms with van der Waals surface area (Å²) in [6.45, 7) is 19.1. The standard InChI is InChI=1S/C16H17N3O3S.C6H10O.3C2H6/c1-3-8-19(16(20)21)14-9-18-15(10-17-14)23-11-12-4-6-13(22-2)7-5-12;1-4-5-6(2)7-3;3*1-2/h3-10H,11H2,1-2H3,(H,20,21);4-5H,1H2,2-3H3;3*1-2H3/b8-3-;6-5+;;;. The maximum absolute atomic E-state index is 11.1. The van der Waals surface area contributed by atoms with Crippen molar-refractivity contribution in [1.29, 1.82) is 0 Å². The highest BCUT2D eigenvalue weighted by Crippen LogP contribution is 2.23. The van der Waals surface area contributed by atoms with E-state index in [1.54, 1.807) is 45.6 Å². The van der Waals surface area contributed by atoms with E-state index >= 15 is 0 Å². The fraction of sp³-hybridized carbons (Fsp3) is 0.393. The Hall–Kier alpha value is -3.26. The Morgan fingerprint density at radius 2 is 1.64 bits per heavy atom. The number of anilines is 1. The van der Waals surface area contributed by atoms with Gasteiger partial charge in [-0.1, -0.05) is 72.4 Å². The molecule has 36 heavy (non-hydrogen) atoms. The zero-order valence-electron chi connectivity index (χ0n) is 23.6. The average Bonchev–Trinajstić information content (AvgIpc) is 2.95. The van der Waals surface area contributed by atoms with Crippen molar-refractivity contribution in [1.82, 2.24) is 9.97 Å². The third-order valence-corrected chi connectivity index (χ3v) is 4.57. The number of carbonyl (C=O) groups is 1. The summed E-state index contributed by atoms with van der Waals surface area (Å²) in [5.41, 5.74) is 1.14. The van der Waals surface area contributed by atoms with Crippen LogP contribution in [0.2, 0.25) is 0 Å². The van der Waals surface area contributed by atoms with Crippen molar-refractivity contribution in [2.24, 2.45) is 0 Å². The number of hydrogen-bond donors (Lipinski definition) is 1. The van der Waals surface area contributed by atoms with Crippen LogP contribution in [-0.4, -0.2) is 35.4 Å². The van der Waals surface area contributed by atoms with Gasteiger partial charge in [0.2, 0.25) is 0 Å². The van der Waals surface area contributed by atoms with Crippen LogP contribution in [0.5, 0.6) is 5.75 Å². The molecule has 0 spiro atoms. The molecule has 1 aromatic carbocycles. The fourth-order valence-corrected chi connectivity index (χ4v) is 2.77. The van der Waals surface area contributed by atoms with Gasteiger partial charge in [0, 0.05) is 12.0 Å². The van der Waals surface area contributed by atoms with Gasteiger partial charge in [0.05, 0.1) is 32.4 Å². The van der Waals surface area contributed by atoms with Gasteiger partial charge in [-0.25, -0.2) is 19.7 Å². The van der Waals surface area contributed by atoms with Gasteiger partial charge < -0.3 is 14.6 Å². The van der Waals surface area contributed by atoms with Crippen LogP contribution in [0, 0.1) is 0 Å². The Morgan fingerprint density at radius 1 is 1.06 bits per heavy atom. The Bertz CT molecular complexity index is 852. The molecule has 0 aliphatic rings. The van der Waals surface area contributed by atoms with E-state index in [-0.39, 0.29) is 5.82 Å². The highest BCUT2D eigenvalue weighted by atomic mass is 32.2. The van der Waals surface area contributed by atoms with Gasteiger partial charge >= 0.3 is 6.09 Å². The first-order chi connectivity index (χ1) is 17.4. The first kappa shape index (κ1) is 37.3. The van der Waals surface area contributed by atoms with Crippen molar-refractivity contribution in [3.63, 3.8) is 0 Å². The molecule has 0 aliphatic heterocycles. The van der Waals surface area contributed by atoms with Gasteiger partial charge in [0.1, 0.15) is 10.8 Å². The summed E-state index contributed by atoms with van der Waals surface area (Å²) in [5, 5.41) is 9.85. The van der Waals surface area contributed by atoms with Gasteiger partial charge in [-0.15, -0.1) is 11.8 Å². The Kier molecular flexibility index (Phi) is 27.3. The summed E-state index contributed by atoms with van der Waals surface area (Å²) in [6.07, 6.45) is 8.47. The van der Waals surface area contributed by atoms with E-state index in [0.717, 1.165) is 32.8 Å². The van der Waals surface area contributed by atoms with Crippen molar-refractivity contribution in [3.05, 3.63) is 79.0 Å². The number of amides is 1. The smallest absolute Gasteiger partial charge is 0.417 e. The van der Waals surface area contributed by atoms with Crippen molar-refractivity contribution < 1.29 is 19.4 Å². The summed E-state index contributed by atoms with van der Waals surface area (Å²) >= 11 is 1.53. The monoisotopic (exact) mass is 519 g/mol. The van der Waals surface area contributed by atoms with Gasteiger partial charge in [-0.3, -0.25) is 0 Å². The van der Waals surface area contributed by atoms with Gasteiger partial charge in [0.25, 0.3) is 0 Å². The Morgan fingerprint density at radius 3 is 2.00 bits per heavy atom. The molecule has 7 nitrogen and oxygen atoms in total. The van der Waals surface area contributed by atoms with Crippen LogP contribution in [0.25, 0.3) is 0 Å². The molecule has 2 aromatic rings. The van der Waals surface area contributed by atoms with Crippen LogP contribution in [-0.2, 0) is 10.5 Å². The summed E-state index contributed by atoms with van der Waals surface area (Å²) in [5.74, 6) is 2.72. The van der Waals surface area contributed by atoms with Gasteiger partial charge in [0.15, 0.2) is 5.82 Å². The topological polar surface area (TPSA) is 84.8 Å². The molecule has 8 heteroatoms. The van der Waals surface area contributed by atoms with E-state index in [1.165, 1.54) is 24.2 Å². The van der Waals surface area contributed by atoms with Crippen LogP contribution in [0.4, 0.5) is 10.6 Å². The molecule has 1 N–H and O–H groups in total. The molecule has 2 rings (SSSR count). The predicted molar refractivity (Wildman–Crippen MR) is 155 cm³/mol. The first-order valence-corrected chi connectivity index (χ1v) is 13.0. The zero-order chi connectivity index (χ0) is 28.4. The zero-order valence-corrected chi connectivity index (χ0v) is 24.4. The van der Waals surface area contributed by atoms with Crippen molar-refractivity contribution in [2.45, 2.75) is 66.2 Å². The van der Waals surface area contributed by atoms with E-state index < -0.39 is 6.09 Å². The second kappa shape index (κ2) is 26.3. The largest absolute Gasteiger partial charge is 0.501 e. The lowest BCUT2D eigenvalue weighted by molar-refractivity contribution is 0.204. The number of benzene rings is 1. The second-order valence-corrected chi connectivity index (χ2v) is 6.70. The number of nitrogens with zero attached hydrogens (tertiary/aromatic N) is 3. The first-order valence-electron chi connectivity index (χ1n) is 12.0. The van der Waals surface area contributed by atoms with Gasteiger partial charge in [-0.05, 0) is 37.6 Å². The number of ether oxygens (including phenoxy) is 2. The third kappa shape index (κ3) is 17.2. The molecular weight excluding hydrogens is 474 g/mol. The molecule has 0 radical (unpaired) electrons. The molecule has 0 unspecified atom stereocenters. The van der Waals surface area contributed by atoms with E-state index in [1.807, 2.05) is 72.7 Å². The number of allylic oxidation sites excluding steroid dienone is 4. The van der Waals surface area contributed by atoms with Crippen molar-refractivity contribution in [2.75, 3.05) is 19.1 Å². The van der Waals surface area contributed by atoms with Crippen molar-refractivity contribution >= 4 is 23.7 Å². The normalized spacial score (nSPS) is 9.44. The minimum Gasteiger partial charge on any atom is -0.501 e. The lowest BCUT2D eigenvalue weighted by Gasteiger charge is -2.12. The molecule has 0 atom stereocenters. The lowest BCUT2D eigenvalue weighted by atomic mass is 10.2. The number of thioether (sulfide) groups is 1. The minimum atomic E-state index is -1.10.